The fourth-order valence-electron chi connectivity index (χ4n) is 1.41. The van der Waals surface area contributed by atoms with Crippen molar-refractivity contribution in [2.45, 2.75) is 39.4 Å². The molecule has 0 saturated heterocycles. The molecule has 0 aliphatic rings. The molecule has 0 aromatic heterocycles. The van der Waals surface area contributed by atoms with E-state index in [1.165, 1.54) is 6.92 Å². The molecule has 0 aliphatic carbocycles. The van der Waals surface area contributed by atoms with Crippen LogP contribution in [0.5, 0.6) is 5.75 Å². The zero-order valence-electron chi connectivity index (χ0n) is 12.0. The zero-order valence-corrected chi connectivity index (χ0v) is 13.6. The number of hydrogen-bond acceptors (Lipinski definition) is 5. The van der Waals surface area contributed by atoms with E-state index >= 15 is 0 Å². The van der Waals surface area contributed by atoms with E-state index in [9.17, 15) is 19.3 Å². The van der Waals surface area contributed by atoms with Crippen molar-refractivity contribution in [2.24, 2.45) is 0 Å². The Kier molecular flexibility index (Phi) is 5.27. The Morgan fingerprint density at radius 2 is 2.00 bits per heavy atom. The van der Waals surface area contributed by atoms with Gasteiger partial charge in [-0.05, 0) is 49.7 Å². The number of rotatable bonds is 4. The number of carbonyl (C=O) groups excluding carboxylic acids is 1. The van der Waals surface area contributed by atoms with Crippen LogP contribution in [0.25, 0.3) is 0 Å². The number of hydrogen-bond donors (Lipinski definition) is 0. The Balaban J connectivity index is 3.02. The minimum absolute atomic E-state index is 0.0459. The Labute approximate surface area is 129 Å². The molecular weight excluding hydrogens is 349 g/mol. The lowest BCUT2D eigenvalue weighted by Crippen LogP contribution is -2.33. The van der Waals surface area contributed by atoms with Gasteiger partial charge in [0.1, 0.15) is 11.4 Å². The molecule has 0 radical (unpaired) electrons. The second kappa shape index (κ2) is 6.38. The highest BCUT2D eigenvalue weighted by Gasteiger charge is 2.28. The standard InChI is InChI=1S/C13H15BrFNO5/c1-7(12(17)21-13(2,3)4)20-11-9(14)5-8(15)6-10(11)16(18)19/h5-7H,1-4H3. The molecule has 0 heterocycles. The molecule has 1 rings (SSSR count). The van der Waals surface area contributed by atoms with Gasteiger partial charge in [-0.15, -0.1) is 0 Å². The van der Waals surface area contributed by atoms with E-state index in [1.54, 1.807) is 20.8 Å². The molecule has 1 aromatic rings. The summed E-state index contributed by atoms with van der Waals surface area (Å²) in [6.07, 6.45) is -1.08. The van der Waals surface area contributed by atoms with E-state index in [0.717, 1.165) is 12.1 Å². The normalized spacial score (nSPS) is 12.7. The van der Waals surface area contributed by atoms with Crippen LogP contribution < -0.4 is 4.74 Å². The van der Waals surface area contributed by atoms with E-state index in [0.29, 0.717) is 0 Å². The topological polar surface area (TPSA) is 78.7 Å². The van der Waals surface area contributed by atoms with Crippen LogP contribution >= 0.6 is 15.9 Å². The van der Waals surface area contributed by atoms with E-state index < -0.39 is 34.1 Å². The molecule has 0 saturated carbocycles. The number of nitrogens with zero attached hydrogens (tertiary/aromatic N) is 1. The minimum atomic E-state index is -1.08. The van der Waals surface area contributed by atoms with E-state index in [1.807, 2.05) is 0 Å². The molecule has 21 heavy (non-hydrogen) atoms. The largest absolute Gasteiger partial charge is 0.471 e. The maximum absolute atomic E-state index is 13.2. The van der Waals surface area contributed by atoms with Gasteiger partial charge >= 0.3 is 11.7 Å². The molecule has 116 valence electrons. The molecule has 0 amide bonds. The number of carbonyl (C=O) groups is 1. The van der Waals surface area contributed by atoms with Crippen LogP contribution in [0.2, 0.25) is 0 Å². The molecular formula is C13H15BrFNO5. The molecule has 0 bridgehead atoms. The van der Waals surface area contributed by atoms with Gasteiger partial charge in [-0.3, -0.25) is 10.1 Å². The summed E-state index contributed by atoms with van der Waals surface area (Å²) in [6.45, 7) is 6.46. The summed E-state index contributed by atoms with van der Waals surface area (Å²) in [7, 11) is 0. The van der Waals surface area contributed by atoms with Crippen molar-refractivity contribution < 1.29 is 23.6 Å². The van der Waals surface area contributed by atoms with Crippen LogP contribution in [0.3, 0.4) is 0 Å². The second-order valence-corrected chi connectivity index (χ2v) is 6.14. The SMILES string of the molecule is CC(Oc1c(Br)cc(F)cc1[N+](=O)[O-])C(=O)OC(C)(C)C. The number of halogens is 2. The molecule has 8 heteroatoms. The first kappa shape index (κ1) is 17.4. The first-order valence-corrected chi connectivity index (χ1v) is 6.83. The highest BCUT2D eigenvalue weighted by atomic mass is 79.9. The maximum atomic E-state index is 13.2. The van der Waals surface area contributed by atoms with Gasteiger partial charge < -0.3 is 9.47 Å². The third kappa shape index (κ3) is 4.96. The van der Waals surface area contributed by atoms with Crippen LogP contribution in [0, 0.1) is 15.9 Å². The number of benzene rings is 1. The summed E-state index contributed by atoms with van der Waals surface area (Å²) in [4.78, 5) is 22.0. The first-order valence-electron chi connectivity index (χ1n) is 6.04. The van der Waals surface area contributed by atoms with E-state index in [2.05, 4.69) is 15.9 Å². The number of esters is 1. The van der Waals surface area contributed by atoms with Crippen molar-refractivity contribution in [3.63, 3.8) is 0 Å². The predicted molar refractivity (Wildman–Crippen MR) is 76.7 cm³/mol. The summed E-state index contributed by atoms with van der Waals surface area (Å²) in [5.74, 6) is -1.68. The number of ether oxygens (including phenoxy) is 2. The van der Waals surface area contributed by atoms with Crippen molar-refractivity contribution in [1.82, 2.24) is 0 Å². The lowest BCUT2D eigenvalue weighted by Gasteiger charge is -2.22. The number of nitro benzene ring substituents is 1. The van der Waals surface area contributed by atoms with Crippen molar-refractivity contribution in [1.29, 1.82) is 0 Å². The summed E-state index contributed by atoms with van der Waals surface area (Å²) in [5.41, 5.74) is -1.28. The van der Waals surface area contributed by atoms with Gasteiger partial charge in [0.15, 0.2) is 6.10 Å². The van der Waals surface area contributed by atoms with Crippen LogP contribution in [0.4, 0.5) is 10.1 Å². The van der Waals surface area contributed by atoms with E-state index in [-0.39, 0.29) is 10.2 Å². The van der Waals surface area contributed by atoms with Gasteiger partial charge in [0.05, 0.1) is 15.5 Å². The lowest BCUT2D eigenvalue weighted by molar-refractivity contribution is -0.386. The molecule has 0 N–H and O–H groups in total. The molecule has 0 fully saturated rings. The van der Waals surface area contributed by atoms with Crippen LogP contribution in [-0.2, 0) is 9.53 Å². The molecule has 0 spiro atoms. The van der Waals surface area contributed by atoms with Gasteiger partial charge in [0.25, 0.3) is 0 Å². The van der Waals surface area contributed by atoms with Gasteiger partial charge in [0, 0.05) is 0 Å². The molecule has 0 aliphatic heterocycles. The third-order valence-corrected chi connectivity index (χ3v) is 2.81. The van der Waals surface area contributed by atoms with Gasteiger partial charge in [-0.2, -0.15) is 0 Å². The highest BCUT2D eigenvalue weighted by molar-refractivity contribution is 9.10. The maximum Gasteiger partial charge on any atom is 0.347 e. The van der Waals surface area contributed by atoms with Crippen molar-refractivity contribution >= 4 is 27.6 Å². The Hall–Kier alpha value is -1.70. The Morgan fingerprint density at radius 1 is 1.43 bits per heavy atom. The third-order valence-electron chi connectivity index (χ3n) is 2.22. The average molecular weight is 364 g/mol. The fraction of sp³-hybridized carbons (Fsp3) is 0.462. The Morgan fingerprint density at radius 3 is 2.48 bits per heavy atom. The Bertz CT molecular complexity index is 570. The number of nitro groups is 1. The van der Waals surface area contributed by atoms with Crippen LogP contribution in [0.15, 0.2) is 16.6 Å². The van der Waals surface area contributed by atoms with Crippen molar-refractivity contribution in [3.8, 4) is 5.75 Å². The predicted octanol–water partition coefficient (Wildman–Crippen LogP) is 3.61. The van der Waals surface area contributed by atoms with Crippen LogP contribution in [0.1, 0.15) is 27.7 Å². The molecule has 1 unspecified atom stereocenters. The van der Waals surface area contributed by atoms with Gasteiger partial charge in [0.2, 0.25) is 5.75 Å². The first-order chi connectivity index (χ1) is 9.51. The average Bonchev–Trinajstić information content (AvgIpc) is 2.29. The van der Waals surface area contributed by atoms with Crippen molar-refractivity contribution in [3.05, 3.63) is 32.5 Å². The van der Waals surface area contributed by atoms with Crippen LogP contribution in [-0.4, -0.2) is 22.6 Å². The van der Waals surface area contributed by atoms with E-state index in [4.69, 9.17) is 9.47 Å². The monoisotopic (exact) mass is 363 g/mol. The summed E-state index contributed by atoms with van der Waals surface area (Å²) >= 11 is 2.98. The summed E-state index contributed by atoms with van der Waals surface area (Å²) < 4.78 is 23.6. The summed E-state index contributed by atoms with van der Waals surface area (Å²) in [5, 5.41) is 10.9. The molecule has 6 nitrogen and oxygen atoms in total. The quantitative estimate of drug-likeness (QED) is 0.463. The zero-order chi connectivity index (χ0) is 16.4. The highest BCUT2D eigenvalue weighted by Crippen LogP contribution is 2.36. The van der Waals surface area contributed by atoms with Crippen molar-refractivity contribution in [2.75, 3.05) is 0 Å². The smallest absolute Gasteiger partial charge is 0.347 e. The fourth-order valence-corrected chi connectivity index (χ4v) is 1.92. The lowest BCUT2D eigenvalue weighted by atomic mass is 10.2. The minimum Gasteiger partial charge on any atom is -0.471 e. The second-order valence-electron chi connectivity index (χ2n) is 5.29. The van der Waals surface area contributed by atoms with Gasteiger partial charge in [-0.1, -0.05) is 0 Å². The summed E-state index contributed by atoms with van der Waals surface area (Å²) in [6, 6.07) is 1.74. The molecule has 1 atom stereocenters. The van der Waals surface area contributed by atoms with Gasteiger partial charge in [-0.25, -0.2) is 9.18 Å². The molecule has 1 aromatic carbocycles.